The van der Waals surface area contributed by atoms with E-state index in [0.29, 0.717) is 12.1 Å². The zero-order chi connectivity index (χ0) is 13.9. The van der Waals surface area contributed by atoms with E-state index in [4.69, 9.17) is 4.74 Å². The van der Waals surface area contributed by atoms with Gasteiger partial charge in [0, 0.05) is 18.8 Å². The average Bonchev–Trinajstić information content (AvgIpc) is 3.08. The molecule has 4 unspecified atom stereocenters. The fourth-order valence-electron chi connectivity index (χ4n) is 3.53. The Morgan fingerprint density at radius 2 is 2.20 bits per heavy atom. The molecule has 0 bridgehead atoms. The first kappa shape index (κ1) is 13.9. The van der Waals surface area contributed by atoms with Crippen LogP contribution in [0.4, 0.5) is 5.69 Å². The van der Waals surface area contributed by atoms with Crippen molar-refractivity contribution in [3.05, 3.63) is 12.4 Å². The van der Waals surface area contributed by atoms with Crippen molar-refractivity contribution in [2.75, 3.05) is 11.9 Å². The molecule has 3 rings (SSSR count). The highest BCUT2D eigenvalue weighted by atomic mass is 16.5. The van der Waals surface area contributed by atoms with Crippen molar-refractivity contribution in [2.24, 2.45) is 11.8 Å². The number of ether oxygens (including phenoxy) is 1. The van der Waals surface area contributed by atoms with Crippen LogP contribution in [-0.4, -0.2) is 28.5 Å². The molecule has 1 aromatic rings. The van der Waals surface area contributed by atoms with Crippen LogP contribution in [-0.2, 0) is 11.3 Å². The van der Waals surface area contributed by atoms with Gasteiger partial charge in [-0.3, -0.25) is 4.68 Å². The third-order valence-corrected chi connectivity index (χ3v) is 5.11. The molecule has 2 aliphatic rings. The van der Waals surface area contributed by atoms with Crippen molar-refractivity contribution >= 4 is 5.69 Å². The molecule has 112 valence electrons. The summed E-state index contributed by atoms with van der Waals surface area (Å²) in [5.41, 5.74) is 1.16. The highest BCUT2D eigenvalue weighted by Gasteiger charge is 2.27. The van der Waals surface area contributed by atoms with Crippen LogP contribution in [0.1, 0.15) is 46.0 Å². The number of hydrogen-bond donors (Lipinski definition) is 1. The topological polar surface area (TPSA) is 39.1 Å². The fraction of sp³-hybridized carbons (Fsp3) is 0.812. The number of nitrogens with zero attached hydrogens (tertiary/aromatic N) is 2. The monoisotopic (exact) mass is 277 g/mol. The van der Waals surface area contributed by atoms with Crippen LogP contribution < -0.4 is 5.32 Å². The van der Waals surface area contributed by atoms with Gasteiger partial charge in [-0.1, -0.05) is 26.7 Å². The van der Waals surface area contributed by atoms with Gasteiger partial charge in [0.1, 0.15) is 0 Å². The Bertz CT molecular complexity index is 425. The largest absolute Gasteiger partial charge is 0.379 e. The van der Waals surface area contributed by atoms with Crippen LogP contribution in [0.25, 0.3) is 0 Å². The first-order chi connectivity index (χ1) is 9.72. The predicted molar refractivity (Wildman–Crippen MR) is 80.8 cm³/mol. The van der Waals surface area contributed by atoms with Crippen molar-refractivity contribution < 1.29 is 4.74 Å². The van der Waals surface area contributed by atoms with Crippen molar-refractivity contribution in [3.8, 4) is 0 Å². The van der Waals surface area contributed by atoms with Gasteiger partial charge in [0.25, 0.3) is 0 Å². The van der Waals surface area contributed by atoms with E-state index in [-0.39, 0.29) is 0 Å². The molecule has 0 amide bonds. The third kappa shape index (κ3) is 3.17. The summed E-state index contributed by atoms with van der Waals surface area (Å²) in [5.74, 6) is 1.56. The zero-order valence-electron chi connectivity index (χ0n) is 12.7. The maximum absolute atomic E-state index is 5.67. The summed E-state index contributed by atoms with van der Waals surface area (Å²) < 4.78 is 7.69. The van der Waals surface area contributed by atoms with Crippen molar-refractivity contribution in [1.29, 1.82) is 0 Å². The van der Waals surface area contributed by atoms with Gasteiger partial charge in [-0.15, -0.1) is 0 Å². The number of aromatic nitrogens is 2. The molecule has 1 aromatic heterocycles. The first-order valence-electron chi connectivity index (χ1n) is 8.13. The predicted octanol–water partition coefficient (Wildman–Crippen LogP) is 3.30. The molecule has 0 radical (unpaired) electrons. The SMILES string of the molecule is CC1CCCC(Nc2cnn(CC3CCCO3)c2)C1C. The van der Waals surface area contributed by atoms with E-state index in [1.807, 2.05) is 10.9 Å². The minimum Gasteiger partial charge on any atom is -0.379 e. The van der Waals surface area contributed by atoms with Gasteiger partial charge in [0.15, 0.2) is 0 Å². The molecule has 4 nitrogen and oxygen atoms in total. The highest BCUT2D eigenvalue weighted by Crippen LogP contribution is 2.31. The van der Waals surface area contributed by atoms with Gasteiger partial charge < -0.3 is 10.1 Å². The van der Waals surface area contributed by atoms with Crippen LogP contribution in [0.2, 0.25) is 0 Å². The third-order valence-electron chi connectivity index (χ3n) is 5.11. The average molecular weight is 277 g/mol. The lowest BCUT2D eigenvalue weighted by molar-refractivity contribution is 0.0940. The van der Waals surface area contributed by atoms with E-state index in [1.54, 1.807) is 0 Å². The first-order valence-corrected chi connectivity index (χ1v) is 8.13. The van der Waals surface area contributed by atoms with Crippen molar-refractivity contribution in [3.63, 3.8) is 0 Å². The Hall–Kier alpha value is -1.03. The van der Waals surface area contributed by atoms with E-state index < -0.39 is 0 Å². The Balaban J connectivity index is 1.56. The Kier molecular flexibility index (Phi) is 4.29. The molecule has 0 aromatic carbocycles. The molecule has 1 saturated carbocycles. The summed E-state index contributed by atoms with van der Waals surface area (Å²) in [6.45, 7) is 6.55. The minimum atomic E-state index is 0.358. The van der Waals surface area contributed by atoms with Gasteiger partial charge in [-0.25, -0.2) is 0 Å². The molecule has 2 fully saturated rings. The quantitative estimate of drug-likeness (QED) is 0.918. The van der Waals surface area contributed by atoms with Crippen LogP contribution >= 0.6 is 0 Å². The Morgan fingerprint density at radius 1 is 1.30 bits per heavy atom. The summed E-state index contributed by atoms with van der Waals surface area (Å²) in [4.78, 5) is 0. The Labute approximate surface area is 121 Å². The van der Waals surface area contributed by atoms with E-state index in [9.17, 15) is 0 Å². The highest BCUT2D eigenvalue weighted by molar-refractivity contribution is 5.39. The van der Waals surface area contributed by atoms with Crippen LogP contribution in [0.3, 0.4) is 0 Å². The zero-order valence-corrected chi connectivity index (χ0v) is 12.7. The maximum Gasteiger partial charge on any atom is 0.0771 e. The Morgan fingerprint density at radius 3 is 3.00 bits per heavy atom. The molecule has 2 heterocycles. The molecular weight excluding hydrogens is 250 g/mol. The summed E-state index contributed by atoms with van der Waals surface area (Å²) in [6, 6.07) is 0.596. The second kappa shape index (κ2) is 6.17. The van der Waals surface area contributed by atoms with Gasteiger partial charge in [0.2, 0.25) is 0 Å². The lowest BCUT2D eigenvalue weighted by atomic mass is 9.78. The van der Waals surface area contributed by atoms with E-state index in [0.717, 1.165) is 30.7 Å². The van der Waals surface area contributed by atoms with Crippen LogP contribution in [0.15, 0.2) is 12.4 Å². The fourth-order valence-corrected chi connectivity index (χ4v) is 3.53. The molecular formula is C16H27N3O. The normalized spacial score (nSPS) is 34.3. The number of anilines is 1. The molecule has 0 spiro atoms. The molecule has 1 N–H and O–H groups in total. The number of rotatable bonds is 4. The molecule has 1 aliphatic heterocycles. The lowest BCUT2D eigenvalue weighted by Gasteiger charge is -2.34. The summed E-state index contributed by atoms with van der Waals surface area (Å²) in [6.07, 6.45) is 10.8. The molecule has 4 heteroatoms. The molecule has 1 saturated heterocycles. The summed E-state index contributed by atoms with van der Waals surface area (Å²) in [7, 11) is 0. The second-order valence-corrected chi connectivity index (χ2v) is 6.60. The summed E-state index contributed by atoms with van der Waals surface area (Å²) in [5, 5.41) is 8.15. The van der Waals surface area contributed by atoms with Crippen molar-refractivity contribution in [1.82, 2.24) is 9.78 Å². The van der Waals surface area contributed by atoms with E-state index in [1.165, 1.54) is 32.1 Å². The van der Waals surface area contributed by atoms with E-state index in [2.05, 4.69) is 30.5 Å². The molecule has 20 heavy (non-hydrogen) atoms. The maximum atomic E-state index is 5.67. The molecule has 1 aliphatic carbocycles. The summed E-state index contributed by atoms with van der Waals surface area (Å²) >= 11 is 0. The van der Waals surface area contributed by atoms with E-state index >= 15 is 0 Å². The van der Waals surface area contributed by atoms with Gasteiger partial charge in [-0.2, -0.15) is 5.10 Å². The number of hydrogen-bond acceptors (Lipinski definition) is 3. The van der Waals surface area contributed by atoms with Crippen molar-refractivity contribution in [2.45, 2.75) is 64.6 Å². The van der Waals surface area contributed by atoms with Gasteiger partial charge >= 0.3 is 0 Å². The second-order valence-electron chi connectivity index (χ2n) is 6.60. The van der Waals surface area contributed by atoms with Gasteiger partial charge in [-0.05, 0) is 31.1 Å². The van der Waals surface area contributed by atoms with Crippen LogP contribution in [0, 0.1) is 11.8 Å². The number of nitrogens with one attached hydrogen (secondary N) is 1. The minimum absolute atomic E-state index is 0.358. The van der Waals surface area contributed by atoms with Crippen LogP contribution in [0.5, 0.6) is 0 Å². The molecule has 4 atom stereocenters. The standard InChI is InChI=1S/C16H27N3O/c1-12-5-3-7-16(13(12)2)18-14-9-17-19(10-14)11-15-6-4-8-20-15/h9-10,12-13,15-16,18H,3-8,11H2,1-2H3. The van der Waals surface area contributed by atoms with Gasteiger partial charge in [0.05, 0.1) is 24.5 Å². The lowest BCUT2D eigenvalue weighted by Crippen LogP contribution is -2.34. The smallest absolute Gasteiger partial charge is 0.0771 e.